The Morgan fingerprint density at radius 2 is 1.46 bits per heavy atom. The second-order valence-corrected chi connectivity index (χ2v) is 17.2. The van der Waals surface area contributed by atoms with Crippen LogP contribution in [-0.4, -0.2) is 61.4 Å². The number of ether oxygens (including phenoxy) is 4. The summed E-state index contributed by atoms with van der Waals surface area (Å²) in [5.74, 6) is -0.0765. The van der Waals surface area contributed by atoms with Gasteiger partial charge < -0.3 is 24.3 Å². The van der Waals surface area contributed by atoms with Crippen LogP contribution >= 0.6 is 0 Å². The lowest BCUT2D eigenvalue weighted by Crippen LogP contribution is -2.67. The van der Waals surface area contributed by atoms with Crippen molar-refractivity contribution < 1.29 is 38.1 Å². The highest BCUT2D eigenvalue weighted by atomic mass is 16.6. The molecule has 4 aliphatic rings. The fourth-order valence-corrected chi connectivity index (χ4v) is 12.0. The molecule has 5 unspecified atom stereocenters. The molecule has 9 heteroatoms. The van der Waals surface area contributed by atoms with E-state index in [1.165, 1.54) is 20.8 Å². The van der Waals surface area contributed by atoms with E-state index < -0.39 is 5.60 Å². The van der Waals surface area contributed by atoms with Crippen LogP contribution in [0.5, 0.6) is 0 Å². The Balaban J connectivity index is 1.59. The van der Waals surface area contributed by atoms with Crippen molar-refractivity contribution in [1.82, 2.24) is 5.32 Å². The molecule has 4 rings (SSSR count). The summed E-state index contributed by atoms with van der Waals surface area (Å²) in [5, 5.41) is 3.34. The number of nitrogens with one attached hydrogen (secondary N) is 1. The maximum atomic E-state index is 12.8. The second-order valence-electron chi connectivity index (χ2n) is 17.2. The van der Waals surface area contributed by atoms with Gasteiger partial charge in [-0.25, -0.2) is 0 Å². The summed E-state index contributed by atoms with van der Waals surface area (Å²) in [6.07, 6.45) is 9.17. The van der Waals surface area contributed by atoms with E-state index in [4.69, 9.17) is 18.9 Å². The molecule has 0 aromatic heterocycles. The summed E-state index contributed by atoms with van der Waals surface area (Å²) < 4.78 is 23.6. The van der Waals surface area contributed by atoms with Crippen molar-refractivity contribution in [3.8, 4) is 0 Å². The molecular formula is C39H65NO8. The highest BCUT2D eigenvalue weighted by molar-refractivity contribution is 5.69. The molecule has 10 atom stereocenters. The number of carbonyl (C=O) groups excluding carboxylic acids is 4. The molecule has 0 heterocycles. The molecule has 4 fully saturated rings. The molecule has 0 radical (unpaired) electrons. The number of carbonyl (C=O) groups is 4. The van der Waals surface area contributed by atoms with E-state index >= 15 is 0 Å². The number of hydrogen-bond donors (Lipinski definition) is 1. The van der Waals surface area contributed by atoms with Crippen molar-refractivity contribution in [2.75, 3.05) is 19.7 Å². The average Bonchev–Trinajstić information content (AvgIpc) is 3.35. The van der Waals surface area contributed by atoms with Crippen molar-refractivity contribution >= 4 is 23.9 Å². The van der Waals surface area contributed by atoms with Crippen LogP contribution in [0, 0.1) is 45.3 Å². The molecule has 48 heavy (non-hydrogen) atoms. The number of rotatable bonds is 13. The molecule has 0 bridgehead atoms. The monoisotopic (exact) mass is 675 g/mol. The van der Waals surface area contributed by atoms with Crippen molar-refractivity contribution in [1.29, 1.82) is 0 Å². The van der Waals surface area contributed by atoms with Gasteiger partial charge in [0.05, 0.1) is 13.0 Å². The van der Waals surface area contributed by atoms with Gasteiger partial charge in [0.1, 0.15) is 17.8 Å². The van der Waals surface area contributed by atoms with E-state index in [1.807, 2.05) is 6.92 Å². The van der Waals surface area contributed by atoms with Crippen molar-refractivity contribution in [2.45, 2.75) is 158 Å². The molecule has 4 aliphatic carbocycles. The van der Waals surface area contributed by atoms with Gasteiger partial charge in [0.15, 0.2) is 0 Å². The van der Waals surface area contributed by atoms with Crippen molar-refractivity contribution in [3.63, 3.8) is 0 Å². The SMILES string of the molecule is CCOC(=O)CCNCCCCC(C)(OC(C)=O)C1CC[C@]2(C)[C@@H]1C(OC(C)=O)CC1[C@@]3(C)CC[C@H](OC(C)=O)C(C)(C)C3CC[C@]12C. The van der Waals surface area contributed by atoms with Crippen LogP contribution in [0.25, 0.3) is 0 Å². The molecule has 0 spiro atoms. The zero-order valence-corrected chi connectivity index (χ0v) is 31.6. The summed E-state index contributed by atoms with van der Waals surface area (Å²) in [6.45, 7) is 22.2. The van der Waals surface area contributed by atoms with Gasteiger partial charge in [0.25, 0.3) is 0 Å². The minimum atomic E-state index is -0.689. The Kier molecular flexibility index (Phi) is 11.7. The molecule has 274 valence electrons. The van der Waals surface area contributed by atoms with E-state index in [9.17, 15) is 19.2 Å². The molecule has 4 saturated carbocycles. The first-order valence-electron chi connectivity index (χ1n) is 18.8. The van der Waals surface area contributed by atoms with Gasteiger partial charge >= 0.3 is 23.9 Å². The smallest absolute Gasteiger partial charge is 0.307 e. The standard InChI is InChI=1S/C39H65NO8/c1-11-45-33(44)17-23-40-22-13-12-18-39(10,48-27(4)43)28-14-20-38(9)34(28)29(46-25(2)41)24-31-36(7)19-16-32(47-26(3)42)35(5,6)30(36)15-21-37(31,38)8/h28-32,34,40H,11-24H2,1-10H3/t28?,29?,30?,31?,32-,34-,36-,37+,38+,39?/m0/s1. The second kappa shape index (κ2) is 14.6. The molecule has 0 saturated heterocycles. The lowest BCUT2D eigenvalue weighted by atomic mass is 9.35. The van der Waals surface area contributed by atoms with Gasteiger partial charge in [0.2, 0.25) is 0 Å². The highest BCUT2D eigenvalue weighted by Gasteiger charge is 2.72. The number of esters is 4. The molecule has 0 aromatic rings. The Hall–Kier alpha value is -2.16. The summed E-state index contributed by atoms with van der Waals surface area (Å²) in [4.78, 5) is 49.2. The third-order valence-corrected chi connectivity index (χ3v) is 14.2. The lowest BCUT2D eigenvalue weighted by molar-refractivity contribution is -0.253. The van der Waals surface area contributed by atoms with Crippen LogP contribution in [0.2, 0.25) is 0 Å². The minimum absolute atomic E-state index is 0.0110. The molecule has 0 aromatic carbocycles. The van der Waals surface area contributed by atoms with E-state index in [2.05, 4.69) is 46.9 Å². The summed E-state index contributed by atoms with van der Waals surface area (Å²) in [7, 11) is 0. The van der Waals surface area contributed by atoms with E-state index in [-0.39, 0.29) is 69.6 Å². The number of unbranched alkanes of at least 4 members (excludes halogenated alkanes) is 1. The normalized spacial score (nSPS) is 38.0. The number of hydrogen-bond acceptors (Lipinski definition) is 9. The van der Waals surface area contributed by atoms with Crippen LogP contribution in [0.15, 0.2) is 0 Å². The van der Waals surface area contributed by atoms with Gasteiger partial charge in [-0.3, -0.25) is 19.2 Å². The third kappa shape index (κ3) is 7.18. The topological polar surface area (TPSA) is 117 Å². The first-order chi connectivity index (χ1) is 22.4. The third-order valence-electron chi connectivity index (χ3n) is 14.2. The zero-order chi connectivity index (χ0) is 35.7. The van der Waals surface area contributed by atoms with Gasteiger partial charge in [-0.05, 0) is 113 Å². The fourth-order valence-electron chi connectivity index (χ4n) is 12.0. The van der Waals surface area contributed by atoms with E-state index in [0.29, 0.717) is 31.4 Å². The van der Waals surface area contributed by atoms with Gasteiger partial charge in [-0.1, -0.05) is 34.6 Å². The Labute approximate surface area is 289 Å². The van der Waals surface area contributed by atoms with Crippen LogP contribution in [0.1, 0.15) is 140 Å². The quantitative estimate of drug-likeness (QED) is 0.123. The lowest BCUT2D eigenvalue weighted by Gasteiger charge is -2.70. The summed E-state index contributed by atoms with van der Waals surface area (Å²) in [6, 6.07) is 0. The average molecular weight is 676 g/mol. The van der Waals surface area contributed by atoms with E-state index in [1.54, 1.807) is 0 Å². The Morgan fingerprint density at radius 3 is 2.08 bits per heavy atom. The minimum Gasteiger partial charge on any atom is -0.466 e. The molecule has 0 amide bonds. The number of fused-ring (bicyclic) bond motifs is 5. The zero-order valence-electron chi connectivity index (χ0n) is 31.6. The fraction of sp³-hybridized carbons (Fsp3) is 0.897. The predicted molar refractivity (Wildman–Crippen MR) is 184 cm³/mol. The van der Waals surface area contributed by atoms with Gasteiger partial charge in [-0.2, -0.15) is 0 Å². The van der Waals surface area contributed by atoms with Crippen LogP contribution in [-0.2, 0) is 38.1 Å². The summed E-state index contributed by atoms with van der Waals surface area (Å²) in [5.41, 5.74) is -0.933. The molecule has 0 aliphatic heterocycles. The maximum Gasteiger partial charge on any atom is 0.307 e. The molecular weight excluding hydrogens is 610 g/mol. The van der Waals surface area contributed by atoms with Crippen LogP contribution in [0.3, 0.4) is 0 Å². The molecule has 1 N–H and O–H groups in total. The molecule has 9 nitrogen and oxygen atoms in total. The van der Waals surface area contributed by atoms with Gasteiger partial charge in [0, 0.05) is 44.6 Å². The van der Waals surface area contributed by atoms with E-state index in [0.717, 1.165) is 70.8 Å². The van der Waals surface area contributed by atoms with Crippen molar-refractivity contribution in [2.24, 2.45) is 45.3 Å². The predicted octanol–water partition coefficient (Wildman–Crippen LogP) is 7.18. The highest BCUT2D eigenvalue weighted by Crippen LogP contribution is 2.76. The maximum absolute atomic E-state index is 12.8. The van der Waals surface area contributed by atoms with Gasteiger partial charge in [-0.15, -0.1) is 0 Å². The first-order valence-corrected chi connectivity index (χ1v) is 18.8. The van der Waals surface area contributed by atoms with Crippen LogP contribution < -0.4 is 5.32 Å². The Morgan fingerprint density at radius 1 is 0.792 bits per heavy atom. The van der Waals surface area contributed by atoms with Crippen molar-refractivity contribution in [3.05, 3.63) is 0 Å². The first kappa shape index (κ1) is 38.6. The largest absolute Gasteiger partial charge is 0.466 e. The van der Waals surface area contributed by atoms with Crippen LogP contribution in [0.4, 0.5) is 0 Å². The summed E-state index contributed by atoms with van der Waals surface area (Å²) >= 11 is 0. The Bertz CT molecular complexity index is 1200.